The molecule has 1 aliphatic rings. The fraction of sp³-hybridized carbons (Fsp3) is 0.636. The first-order valence-corrected chi connectivity index (χ1v) is 5.91. The van der Waals surface area contributed by atoms with Crippen LogP contribution in [0.2, 0.25) is 0 Å². The van der Waals surface area contributed by atoms with Gasteiger partial charge in [-0.3, -0.25) is 4.57 Å². The quantitative estimate of drug-likeness (QED) is 0.502. The summed E-state index contributed by atoms with van der Waals surface area (Å²) in [5, 5.41) is 28.1. The summed E-state index contributed by atoms with van der Waals surface area (Å²) in [4.78, 5) is 15.3. The molecule has 0 radical (unpaired) electrons. The molecule has 0 aliphatic carbocycles. The number of hydrogen-bond acceptors (Lipinski definition) is 7. The number of aliphatic hydroxyl groups is 3. The second-order valence-electron chi connectivity index (χ2n) is 4.61. The average molecular weight is 271 g/mol. The zero-order valence-corrected chi connectivity index (χ0v) is 10.3. The van der Waals surface area contributed by atoms with Gasteiger partial charge in [0.2, 0.25) is 0 Å². The molecule has 1 saturated heterocycles. The Bertz CT molecular complexity index is 499. The Hall–Kier alpha value is -1.48. The van der Waals surface area contributed by atoms with E-state index in [1.165, 1.54) is 16.8 Å². The molecule has 1 fully saturated rings. The monoisotopic (exact) mass is 271 g/mol. The topological polar surface area (TPSA) is 131 Å². The highest BCUT2D eigenvalue weighted by Gasteiger charge is 2.48. The SMILES string of the molecule is Nc1ccn([C@H]2C[C@H](CO)C(CO)(CO)O2)c(=O)n1. The van der Waals surface area contributed by atoms with Crippen LogP contribution in [-0.2, 0) is 4.74 Å². The molecule has 1 aromatic heterocycles. The smallest absolute Gasteiger partial charge is 0.351 e. The van der Waals surface area contributed by atoms with Crippen LogP contribution in [0.4, 0.5) is 5.82 Å². The third-order valence-electron chi connectivity index (χ3n) is 3.52. The van der Waals surface area contributed by atoms with Crippen molar-refractivity contribution >= 4 is 5.82 Å². The molecule has 2 heterocycles. The van der Waals surface area contributed by atoms with Crippen LogP contribution in [0.15, 0.2) is 17.1 Å². The summed E-state index contributed by atoms with van der Waals surface area (Å²) in [5.74, 6) is -0.356. The van der Waals surface area contributed by atoms with E-state index in [1.807, 2.05) is 0 Å². The number of nitrogen functional groups attached to an aromatic ring is 1. The van der Waals surface area contributed by atoms with E-state index in [0.717, 1.165) is 0 Å². The first-order chi connectivity index (χ1) is 9.06. The molecule has 0 bridgehead atoms. The number of anilines is 1. The van der Waals surface area contributed by atoms with Crippen molar-refractivity contribution in [2.24, 2.45) is 5.92 Å². The summed E-state index contributed by atoms with van der Waals surface area (Å²) in [6.45, 7) is -1.14. The molecule has 19 heavy (non-hydrogen) atoms. The number of nitrogens with zero attached hydrogens (tertiary/aromatic N) is 2. The van der Waals surface area contributed by atoms with Gasteiger partial charge in [0.05, 0.1) is 13.2 Å². The lowest BCUT2D eigenvalue weighted by molar-refractivity contribution is -0.140. The molecule has 0 unspecified atom stereocenters. The Morgan fingerprint density at radius 2 is 2.16 bits per heavy atom. The van der Waals surface area contributed by atoms with Gasteiger partial charge in [0, 0.05) is 25.1 Å². The molecule has 0 aromatic carbocycles. The van der Waals surface area contributed by atoms with Gasteiger partial charge in [-0.25, -0.2) is 4.79 Å². The first-order valence-electron chi connectivity index (χ1n) is 5.91. The van der Waals surface area contributed by atoms with Gasteiger partial charge in [0.25, 0.3) is 0 Å². The zero-order valence-electron chi connectivity index (χ0n) is 10.3. The van der Waals surface area contributed by atoms with Crippen molar-refractivity contribution in [2.45, 2.75) is 18.2 Å². The molecule has 5 N–H and O–H groups in total. The molecule has 1 aliphatic heterocycles. The number of nitrogens with two attached hydrogens (primary N) is 1. The molecular formula is C11H17N3O5. The van der Waals surface area contributed by atoms with Crippen LogP contribution in [0.1, 0.15) is 12.6 Å². The average Bonchev–Trinajstić information content (AvgIpc) is 2.78. The van der Waals surface area contributed by atoms with Crippen LogP contribution in [0.25, 0.3) is 0 Å². The molecule has 0 spiro atoms. The number of rotatable bonds is 4. The van der Waals surface area contributed by atoms with E-state index in [0.29, 0.717) is 6.42 Å². The van der Waals surface area contributed by atoms with Gasteiger partial charge in [-0.05, 0) is 6.07 Å². The van der Waals surface area contributed by atoms with E-state index in [1.54, 1.807) is 0 Å². The van der Waals surface area contributed by atoms with Gasteiger partial charge in [-0.15, -0.1) is 0 Å². The lowest BCUT2D eigenvalue weighted by atomic mass is 9.89. The van der Waals surface area contributed by atoms with Crippen molar-refractivity contribution in [1.29, 1.82) is 0 Å². The van der Waals surface area contributed by atoms with Crippen LogP contribution in [0.5, 0.6) is 0 Å². The van der Waals surface area contributed by atoms with Gasteiger partial charge in [-0.1, -0.05) is 0 Å². The number of aromatic nitrogens is 2. The summed E-state index contributed by atoms with van der Waals surface area (Å²) in [5.41, 5.74) is 3.57. The Kier molecular flexibility index (Phi) is 3.85. The summed E-state index contributed by atoms with van der Waals surface area (Å²) < 4.78 is 6.81. The summed E-state index contributed by atoms with van der Waals surface area (Å²) in [6, 6.07) is 1.45. The van der Waals surface area contributed by atoms with Gasteiger partial charge < -0.3 is 25.8 Å². The molecule has 106 valence electrons. The minimum absolute atomic E-state index is 0.105. The molecule has 2 atom stereocenters. The third kappa shape index (κ3) is 2.35. The van der Waals surface area contributed by atoms with Crippen LogP contribution >= 0.6 is 0 Å². The molecule has 2 rings (SSSR count). The van der Waals surface area contributed by atoms with Crippen molar-refractivity contribution in [3.8, 4) is 0 Å². The van der Waals surface area contributed by atoms with Crippen molar-refractivity contribution in [3.63, 3.8) is 0 Å². The maximum atomic E-state index is 11.7. The number of ether oxygens (including phenoxy) is 1. The van der Waals surface area contributed by atoms with Crippen LogP contribution < -0.4 is 11.4 Å². The Morgan fingerprint density at radius 1 is 1.47 bits per heavy atom. The first kappa shape index (κ1) is 13.9. The highest BCUT2D eigenvalue weighted by molar-refractivity contribution is 5.23. The van der Waals surface area contributed by atoms with E-state index in [2.05, 4.69) is 4.98 Å². The van der Waals surface area contributed by atoms with Crippen molar-refractivity contribution < 1.29 is 20.1 Å². The minimum Gasteiger partial charge on any atom is -0.396 e. The van der Waals surface area contributed by atoms with Crippen LogP contribution in [-0.4, -0.2) is 50.3 Å². The van der Waals surface area contributed by atoms with E-state index < -0.39 is 36.7 Å². The predicted molar refractivity (Wildman–Crippen MR) is 65.1 cm³/mol. The van der Waals surface area contributed by atoms with E-state index in [-0.39, 0.29) is 12.4 Å². The normalized spacial score (nSPS) is 25.6. The third-order valence-corrected chi connectivity index (χ3v) is 3.52. The lowest BCUT2D eigenvalue weighted by Gasteiger charge is -2.29. The van der Waals surface area contributed by atoms with Gasteiger partial charge in [-0.2, -0.15) is 4.98 Å². The van der Waals surface area contributed by atoms with Crippen LogP contribution in [0.3, 0.4) is 0 Å². The molecular weight excluding hydrogens is 254 g/mol. The molecule has 1 aromatic rings. The Labute approximate surface area is 109 Å². The predicted octanol–water partition coefficient (Wildman–Crippen LogP) is -1.92. The second kappa shape index (κ2) is 5.25. The molecule has 8 heteroatoms. The fourth-order valence-electron chi connectivity index (χ4n) is 2.31. The lowest BCUT2D eigenvalue weighted by Crippen LogP contribution is -2.45. The van der Waals surface area contributed by atoms with Crippen molar-refractivity contribution in [2.75, 3.05) is 25.6 Å². The summed E-state index contributed by atoms with van der Waals surface area (Å²) >= 11 is 0. The number of aliphatic hydroxyl groups excluding tert-OH is 3. The maximum absolute atomic E-state index is 11.7. The minimum atomic E-state index is -1.25. The van der Waals surface area contributed by atoms with Crippen molar-refractivity contribution in [3.05, 3.63) is 22.7 Å². The van der Waals surface area contributed by atoms with E-state index in [9.17, 15) is 20.1 Å². The summed E-state index contributed by atoms with van der Waals surface area (Å²) in [7, 11) is 0. The summed E-state index contributed by atoms with van der Waals surface area (Å²) in [6.07, 6.45) is 1.04. The molecule has 0 amide bonds. The maximum Gasteiger partial charge on any atom is 0.351 e. The molecule has 8 nitrogen and oxygen atoms in total. The largest absolute Gasteiger partial charge is 0.396 e. The standard InChI is InChI=1S/C11H17N3O5/c12-8-1-2-14(10(18)13-8)9-3-7(4-15)11(5-16,6-17)19-9/h1-2,7,9,15-17H,3-6H2,(H2,12,13,18)/t7-,9-/m1/s1. The van der Waals surface area contributed by atoms with Gasteiger partial charge >= 0.3 is 5.69 Å². The molecule has 0 saturated carbocycles. The Morgan fingerprint density at radius 3 is 2.63 bits per heavy atom. The second-order valence-corrected chi connectivity index (χ2v) is 4.61. The van der Waals surface area contributed by atoms with Crippen LogP contribution in [0, 0.1) is 5.92 Å². The zero-order chi connectivity index (χ0) is 14.0. The Balaban J connectivity index is 2.31. The highest BCUT2D eigenvalue weighted by Crippen LogP contribution is 2.40. The fourth-order valence-corrected chi connectivity index (χ4v) is 2.31. The number of hydrogen-bond donors (Lipinski definition) is 4. The highest BCUT2D eigenvalue weighted by atomic mass is 16.6. The van der Waals surface area contributed by atoms with Gasteiger partial charge in [0.1, 0.15) is 17.6 Å². The van der Waals surface area contributed by atoms with Crippen molar-refractivity contribution in [1.82, 2.24) is 9.55 Å². The van der Waals surface area contributed by atoms with E-state index in [4.69, 9.17) is 10.5 Å². The van der Waals surface area contributed by atoms with Gasteiger partial charge in [0.15, 0.2) is 0 Å². The van der Waals surface area contributed by atoms with E-state index >= 15 is 0 Å².